The van der Waals surface area contributed by atoms with Gasteiger partial charge in [-0.2, -0.15) is 0 Å². The first-order chi connectivity index (χ1) is 6.26. The maximum atomic E-state index is 8.92. The number of rotatable bonds is 5. The Balaban J connectivity index is 2.33. The number of aliphatic hydroxyl groups is 1. The second-order valence-corrected chi connectivity index (χ2v) is 4.67. The van der Waals surface area contributed by atoms with Gasteiger partial charge in [0.1, 0.15) is 0 Å². The van der Waals surface area contributed by atoms with Gasteiger partial charge >= 0.3 is 0 Å². The molecule has 1 rings (SSSR count). The van der Waals surface area contributed by atoms with E-state index in [0.717, 1.165) is 17.3 Å². The molecule has 4 heteroatoms. The molecule has 0 radical (unpaired) electrons. The Hall–Kier alpha value is -0.0900. The van der Waals surface area contributed by atoms with Crippen molar-refractivity contribution in [3.63, 3.8) is 0 Å². The first-order valence-electron chi connectivity index (χ1n) is 4.34. The molecule has 0 aliphatic rings. The van der Waals surface area contributed by atoms with Gasteiger partial charge < -0.3 is 10.4 Å². The summed E-state index contributed by atoms with van der Waals surface area (Å²) in [7, 11) is 0. The third-order valence-corrected chi connectivity index (χ3v) is 3.14. The van der Waals surface area contributed by atoms with E-state index in [1.807, 2.05) is 12.1 Å². The molecule has 2 nitrogen and oxygen atoms in total. The van der Waals surface area contributed by atoms with Crippen LogP contribution in [0, 0.1) is 0 Å². The molecule has 1 aromatic rings. The Morgan fingerprint density at radius 2 is 2.38 bits per heavy atom. The van der Waals surface area contributed by atoms with E-state index in [9.17, 15) is 0 Å². The number of nitrogens with one attached hydrogen (secondary N) is 1. The zero-order valence-electron chi connectivity index (χ0n) is 7.59. The predicted octanol–water partition coefficient (Wildman–Crippen LogP) is 2.26. The second-order valence-electron chi connectivity index (χ2n) is 2.87. The number of thiophene rings is 1. The Labute approximate surface area is 87.5 Å². The maximum absolute atomic E-state index is 8.92. The molecule has 1 aromatic heterocycles. The molecule has 0 saturated heterocycles. The molecule has 0 bridgehead atoms. The molecule has 0 aliphatic carbocycles. The highest BCUT2D eigenvalue weighted by atomic mass is 35.5. The van der Waals surface area contributed by atoms with Crippen molar-refractivity contribution < 1.29 is 5.11 Å². The van der Waals surface area contributed by atoms with Crippen LogP contribution in [0.3, 0.4) is 0 Å². The van der Waals surface area contributed by atoms with Crippen LogP contribution in [0.1, 0.15) is 18.2 Å². The Bertz CT molecular complexity index is 248. The number of hydrogen-bond acceptors (Lipinski definition) is 3. The normalized spacial score (nSPS) is 13.2. The molecule has 0 aliphatic heterocycles. The van der Waals surface area contributed by atoms with Gasteiger partial charge in [-0.15, -0.1) is 11.3 Å². The predicted molar refractivity (Wildman–Crippen MR) is 57.3 cm³/mol. The molecule has 0 saturated carbocycles. The zero-order valence-corrected chi connectivity index (χ0v) is 9.16. The Morgan fingerprint density at radius 3 is 2.85 bits per heavy atom. The van der Waals surface area contributed by atoms with Gasteiger partial charge in [-0.3, -0.25) is 0 Å². The Morgan fingerprint density at radius 1 is 1.62 bits per heavy atom. The smallest absolute Gasteiger partial charge is 0.0931 e. The van der Waals surface area contributed by atoms with Gasteiger partial charge in [0.2, 0.25) is 0 Å². The highest BCUT2D eigenvalue weighted by Gasteiger charge is 2.04. The molecule has 0 fully saturated rings. The van der Waals surface area contributed by atoms with Crippen molar-refractivity contribution in [3.8, 4) is 0 Å². The summed E-state index contributed by atoms with van der Waals surface area (Å²) in [5.74, 6) is 0. The van der Waals surface area contributed by atoms with Crippen molar-refractivity contribution in [1.29, 1.82) is 0 Å². The van der Waals surface area contributed by atoms with E-state index in [4.69, 9.17) is 16.7 Å². The minimum absolute atomic E-state index is 0.190. The summed E-state index contributed by atoms with van der Waals surface area (Å²) < 4.78 is 0.814. The number of hydrogen-bond donors (Lipinski definition) is 2. The highest BCUT2D eigenvalue weighted by Crippen LogP contribution is 2.21. The van der Waals surface area contributed by atoms with Crippen molar-refractivity contribution in [3.05, 3.63) is 21.3 Å². The molecular formula is C9H14ClNOS. The van der Waals surface area contributed by atoms with Crippen molar-refractivity contribution in [2.24, 2.45) is 0 Å². The number of halogens is 1. The van der Waals surface area contributed by atoms with Crippen LogP contribution in [0.5, 0.6) is 0 Å². The van der Waals surface area contributed by atoms with E-state index in [1.54, 1.807) is 11.3 Å². The lowest BCUT2D eigenvalue weighted by atomic mass is 10.2. The fourth-order valence-corrected chi connectivity index (χ4v) is 2.07. The fourth-order valence-electron chi connectivity index (χ4n) is 1.03. The van der Waals surface area contributed by atoms with Crippen molar-refractivity contribution in [1.82, 2.24) is 5.32 Å². The lowest BCUT2D eigenvalue weighted by Crippen LogP contribution is -2.30. The quantitative estimate of drug-likeness (QED) is 0.797. The molecule has 1 atom stereocenters. The van der Waals surface area contributed by atoms with Gasteiger partial charge in [0.25, 0.3) is 0 Å². The van der Waals surface area contributed by atoms with Crippen LogP contribution in [0.15, 0.2) is 12.1 Å². The van der Waals surface area contributed by atoms with E-state index < -0.39 is 0 Å². The summed E-state index contributed by atoms with van der Waals surface area (Å²) in [6.45, 7) is 3.03. The minimum Gasteiger partial charge on any atom is -0.395 e. The van der Waals surface area contributed by atoms with Crippen LogP contribution >= 0.6 is 22.9 Å². The first-order valence-corrected chi connectivity index (χ1v) is 5.54. The molecule has 13 heavy (non-hydrogen) atoms. The van der Waals surface area contributed by atoms with Gasteiger partial charge in [-0.1, -0.05) is 18.5 Å². The molecule has 0 aromatic carbocycles. The average molecular weight is 220 g/mol. The third kappa shape index (κ3) is 3.65. The summed E-state index contributed by atoms with van der Waals surface area (Å²) in [5, 5.41) is 12.2. The maximum Gasteiger partial charge on any atom is 0.0931 e. The van der Waals surface area contributed by atoms with Crippen LogP contribution in [0.2, 0.25) is 4.34 Å². The van der Waals surface area contributed by atoms with E-state index in [1.165, 1.54) is 4.88 Å². The zero-order chi connectivity index (χ0) is 9.68. The van der Waals surface area contributed by atoms with Crippen LogP contribution in [-0.2, 0) is 6.54 Å². The lowest BCUT2D eigenvalue weighted by Gasteiger charge is -2.12. The van der Waals surface area contributed by atoms with Crippen LogP contribution in [-0.4, -0.2) is 17.8 Å². The lowest BCUT2D eigenvalue weighted by molar-refractivity contribution is 0.238. The second kappa shape index (κ2) is 5.60. The van der Waals surface area contributed by atoms with Gasteiger partial charge in [0.15, 0.2) is 0 Å². The highest BCUT2D eigenvalue weighted by molar-refractivity contribution is 7.16. The van der Waals surface area contributed by atoms with E-state index in [-0.39, 0.29) is 12.6 Å². The standard InChI is InChI=1S/C9H14ClNOS/c1-2-7(6-12)11-5-8-3-4-9(10)13-8/h3-4,7,11-12H,2,5-6H2,1H3. The SMILES string of the molecule is CCC(CO)NCc1ccc(Cl)s1. The van der Waals surface area contributed by atoms with Crippen molar-refractivity contribution >= 4 is 22.9 Å². The first kappa shape index (κ1) is 11.0. The monoisotopic (exact) mass is 219 g/mol. The van der Waals surface area contributed by atoms with Crippen molar-refractivity contribution in [2.45, 2.75) is 25.9 Å². The van der Waals surface area contributed by atoms with Gasteiger partial charge in [0.05, 0.1) is 10.9 Å². The third-order valence-electron chi connectivity index (χ3n) is 1.91. The topological polar surface area (TPSA) is 32.3 Å². The van der Waals surface area contributed by atoms with Gasteiger partial charge in [0, 0.05) is 17.5 Å². The van der Waals surface area contributed by atoms with Gasteiger partial charge in [-0.05, 0) is 18.6 Å². The largest absolute Gasteiger partial charge is 0.395 e. The molecule has 2 N–H and O–H groups in total. The molecule has 0 amide bonds. The van der Waals surface area contributed by atoms with Crippen LogP contribution in [0.25, 0.3) is 0 Å². The average Bonchev–Trinajstić information content (AvgIpc) is 2.53. The fraction of sp³-hybridized carbons (Fsp3) is 0.556. The van der Waals surface area contributed by atoms with E-state index in [2.05, 4.69) is 12.2 Å². The molecule has 1 heterocycles. The van der Waals surface area contributed by atoms with Crippen molar-refractivity contribution in [2.75, 3.05) is 6.61 Å². The molecular weight excluding hydrogens is 206 g/mol. The van der Waals surface area contributed by atoms with E-state index in [0.29, 0.717) is 0 Å². The number of aliphatic hydroxyl groups excluding tert-OH is 1. The molecule has 1 unspecified atom stereocenters. The molecule has 74 valence electrons. The van der Waals surface area contributed by atoms with Crippen LogP contribution in [0.4, 0.5) is 0 Å². The van der Waals surface area contributed by atoms with Gasteiger partial charge in [-0.25, -0.2) is 0 Å². The summed E-state index contributed by atoms with van der Waals surface area (Å²) in [6, 6.07) is 4.09. The summed E-state index contributed by atoms with van der Waals surface area (Å²) >= 11 is 7.36. The minimum atomic E-state index is 0.190. The van der Waals surface area contributed by atoms with Crippen LogP contribution < -0.4 is 5.32 Å². The summed E-state index contributed by atoms with van der Waals surface area (Å²) in [5.41, 5.74) is 0. The summed E-state index contributed by atoms with van der Waals surface area (Å²) in [6.07, 6.45) is 0.940. The molecule has 0 spiro atoms. The van der Waals surface area contributed by atoms with E-state index >= 15 is 0 Å². The summed E-state index contributed by atoms with van der Waals surface area (Å²) in [4.78, 5) is 1.21. The Kier molecular flexibility index (Phi) is 4.73.